The monoisotopic (exact) mass is 594 g/mol. The van der Waals surface area contributed by atoms with E-state index in [0.29, 0.717) is 37.5 Å². The number of rotatable bonds is 9. The van der Waals surface area contributed by atoms with Crippen molar-refractivity contribution in [3.05, 3.63) is 70.9 Å². The first-order chi connectivity index (χ1) is 18.6. The quantitative estimate of drug-likeness (QED) is 0.319. The van der Waals surface area contributed by atoms with Gasteiger partial charge in [-0.05, 0) is 55.0 Å². The van der Waals surface area contributed by atoms with Crippen LogP contribution in [0.25, 0.3) is 0 Å². The van der Waals surface area contributed by atoms with Crippen LogP contribution in [0.4, 0.5) is 32.2 Å². The van der Waals surface area contributed by atoms with Crippen molar-refractivity contribution in [1.82, 2.24) is 19.7 Å². The highest BCUT2D eigenvalue weighted by molar-refractivity contribution is 7.84. The summed E-state index contributed by atoms with van der Waals surface area (Å²) in [5.41, 5.74) is -2.90. The lowest BCUT2D eigenvalue weighted by molar-refractivity contribution is -0.141. The van der Waals surface area contributed by atoms with Crippen LogP contribution in [0.2, 0.25) is 0 Å². The number of hydrogen-bond acceptors (Lipinski definition) is 8. The summed E-state index contributed by atoms with van der Waals surface area (Å²) >= 11 is 0. The van der Waals surface area contributed by atoms with E-state index in [1.165, 1.54) is 24.8 Å². The van der Waals surface area contributed by atoms with E-state index in [9.17, 15) is 39.9 Å². The zero-order valence-electron chi connectivity index (χ0n) is 20.5. The molecular formula is C23H24F6N6O4S. The average molecular weight is 595 g/mol. The van der Waals surface area contributed by atoms with Crippen molar-refractivity contribution in [3.8, 4) is 0 Å². The Balaban J connectivity index is 1.50. The van der Waals surface area contributed by atoms with E-state index in [0.717, 1.165) is 4.68 Å². The van der Waals surface area contributed by atoms with Gasteiger partial charge in [-0.1, -0.05) is 0 Å². The van der Waals surface area contributed by atoms with Gasteiger partial charge in [-0.15, -0.1) is 0 Å². The van der Waals surface area contributed by atoms with Gasteiger partial charge in [0, 0.05) is 24.0 Å². The number of halogens is 6. The Hall–Kier alpha value is -3.28. The van der Waals surface area contributed by atoms with E-state index >= 15 is 0 Å². The summed E-state index contributed by atoms with van der Waals surface area (Å²) in [5, 5.41) is 23.1. The molecule has 0 bridgehead atoms. The molecule has 218 valence electrons. The SMILES string of the molecule is NS(=O)(=O)OCC1CCC(Nc2ncncc2C(O)c2ccn(Cc3cc(C(F)(F)F)ccc3C(F)(F)F)n2)C1. The third-order valence-corrected chi connectivity index (χ3v) is 6.86. The van der Waals surface area contributed by atoms with Crippen molar-refractivity contribution in [2.75, 3.05) is 11.9 Å². The molecule has 3 atom stereocenters. The van der Waals surface area contributed by atoms with Crippen molar-refractivity contribution in [3.63, 3.8) is 0 Å². The summed E-state index contributed by atoms with van der Waals surface area (Å²) in [6.07, 6.45) is -5.52. The second kappa shape index (κ2) is 11.3. The van der Waals surface area contributed by atoms with Gasteiger partial charge in [0.2, 0.25) is 0 Å². The van der Waals surface area contributed by atoms with Gasteiger partial charge in [0.25, 0.3) is 0 Å². The van der Waals surface area contributed by atoms with Gasteiger partial charge in [-0.2, -0.15) is 39.9 Å². The van der Waals surface area contributed by atoms with E-state index in [2.05, 4.69) is 24.6 Å². The van der Waals surface area contributed by atoms with Gasteiger partial charge in [-0.25, -0.2) is 15.1 Å². The number of nitrogens with one attached hydrogen (secondary N) is 1. The van der Waals surface area contributed by atoms with E-state index < -0.39 is 52.0 Å². The van der Waals surface area contributed by atoms with Crippen LogP contribution in [0, 0.1) is 5.92 Å². The molecule has 1 fully saturated rings. The van der Waals surface area contributed by atoms with Crippen LogP contribution in [0.5, 0.6) is 0 Å². The van der Waals surface area contributed by atoms with Gasteiger partial charge in [0.05, 0.1) is 30.0 Å². The molecule has 1 aliphatic carbocycles. The maximum absolute atomic E-state index is 13.5. The molecule has 0 radical (unpaired) electrons. The van der Waals surface area contributed by atoms with Gasteiger partial charge in [0.15, 0.2) is 0 Å². The number of benzene rings is 1. The van der Waals surface area contributed by atoms with Crippen LogP contribution in [0.3, 0.4) is 0 Å². The number of nitrogens with two attached hydrogens (primary N) is 1. The van der Waals surface area contributed by atoms with Gasteiger partial charge in [-0.3, -0.25) is 8.86 Å². The molecule has 10 nitrogen and oxygen atoms in total. The molecule has 3 unspecified atom stereocenters. The maximum Gasteiger partial charge on any atom is 0.416 e. The molecule has 1 saturated carbocycles. The Bertz CT molecular complexity index is 1450. The number of anilines is 1. The zero-order chi connectivity index (χ0) is 29.3. The zero-order valence-corrected chi connectivity index (χ0v) is 21.3. The Labute approximate surface area is 224 Å². The lowest BCUT2D eigenvalue weighted by atomic mass is 10.0. The summed E-state index contributed by atoms with van der Waals surface area (Å²) in [5.74, 6) is 0.173. The van der Waals surface area contributed by atoms with E-state index in [4.69, 9.17) is 5.14 Å². The molecule has 1 aliphatic rings. The smallest absolute Gasteiger partial charge is 0.382 e. The second-order valence-corrected chi connectivity index (χ2v) is 10.6. The third-order valence-electron chi connectivity index (χ3n) is 6.40. The molecule has 2 aromatic heterocycles. The molecule has 0 saturated heterocycles. The van der Waals surface area contributed by atoms with E-state index in [-0.39, 0.29) is 35.6 Å². The van der Waals surface area contributed by atoms with Gasteiger partial charge >= 0.3 is 22.7 Å². The Morgan fingerprint density at radius 2 is 1.90 bits per heavy atom. The topological polar surface area (TPSA) is 145 Å². The Morgan fingerprint density at radius 3 is 2.58 bits per heavy atom. The Kier molecular flexibility index (Phi) is 8.39. The number of aromatic nitrogens is 4. The normalized spacial score (nSPS) is 19.1. The minimum absolute atomic E-state index is 0.00392. The highest BCUT2D eigenvalue weighted by Gasteiger charge is 2.37. The standard InChI is InChI=1S/C23H24F6N6O4S/c24-22(25,26)15-2-4-18(23(27,28)29)14(8-15)10-35-6-5-19(34-35)20(36)17-9-31-12-32-21(17)33-16-3-1-13(7-16)11-39-40(30,37)38/h2,4-6,8-9,12-13,16,20,36H,1,3,7,10-11H2,(H2,30,37,38)(H,31,32,33). The number of alkyl halides is 6. The molecule has 1 aromatic carbocycles. The predicted molar refractivity (Wildman–Crippen MR) is 128 cm³/mol. The van der Waals surface area contributed by atoms with Crippen LogP contribution in [-0.2, 0) is 33.4 Å². The number of nitrogens with zero attached hydrogens (tertiary/aromatic N) is 4. The first-order valence-electron chi connectivity index (χ1n) is 11.8. The van der Waals surface area contributed by atoms with Gasteiger partial charge in [0.1, 0.15) is 18.2 Å². The van der Waals surface area contributed by atoms with E-state index in [1.54, 1.807) is 0 Å². The molecule has 0 amide bonds. The highest BCUT2D eigenvalue weighted by atomic mass is 32.2. The van der Waals surface area contributed by atoms with Crippen molar-refractivity contribution >= 4 is 16.1 Å². The third kappa shape index (κ3) is 7.47. The summed E-state index contributed by atoms with van der Waals surface area (Å²) < 4.78 is 107. The summed E-state index contributed by atoms with van der Waals surface area (Å²) in [4.78, 5) is 8.06. The number of hydrogen-bond donors (Lipinski definition) is 3. The van der Waals surface area contributed by atoms with Crippen LogP contribution in [0.1, 0.15) is 53.3 Å². The maximum atomic E-state index is 13.5. The van der Waals surface area contributed by atoms with Crippen molar-refractivity contribution < 1.29 is 44.0 Å². The fourth-order valence-electron chi connectivity index (χ4n) is 4.53. The lowest BCUT2D eigenvalue weighted by Crippen LogP contribution is -2.22. The Morgan fingerprint density at radius 1 is 1.15 bits per heavy atom. The molecule has 17 heteroatoms. The summed E-state index contributed by atoms with van der Waals surface area (Å²) in [7, 11) is -4.06. The first kappa shape index (κ1) is 29.7. The van der Waals surface area contributed by atoms with Gasteiger partial charge < -0.3 is 10.4 Å². The molecule has 4 rings (SSSR count). The average Bonchev–Trinajstić information content (AvgIpc) is 3.50. The van der Waals surface area contributed by atoms with E-state index in [1.807, 2.05) is 0 Å². The summed E-state index contributed by atoms with van der Waals surface area (Å²) in [6, 6.07) is 2.35. The predicted octanol–water partition coefficient (Wildman–Crippen LogP) is 3.64. The molecule has 4 N–H and O–H groups in total. The second-order valence-electron chi connectivity index (χ2n) is 9.33. The lowest BCUT2D eigenvalue weighted by Gasteiger charge is -2.18. The van der Waals surface area contributed by atoms with Crippen molar-refractivity contribution in [2.45, 2.75) is 50.3 Å². The first-order valence-corrected chi connectivity index (χ1v) is 13.3. The van der Waals surface area contributed by atoms with Crippen LogP contribution in [-0.4, -0.2) is 45.9 Å². The van der Waals surface area contributed by atoms with Crippen LogP contribution >= 0.6 is 0 Å². The van der Waals surface area contributed by atoms with Crippen LogP contribution < -0.4 is 10.5 Å². The van der Waals surface area contributed by atoms with Crippen molar-refractivity contribution in [2.24, 2.45) is 11.1 Å². The minimum atomic E-state index is -4.89. The molecule has 0 aliphatic heterocycles. The highest BCUT2D eigenvalue weighted by Crippen LogP contribution is 2.37. The number of aliphatic hydroxyl groups excluding tert-OH is 1. The molecule has 0 spiro atoms. The summed E-state index contributed by atoms with van der Waals surface area (Å²) in [6.45, 7) is -0.707. The largest absolute Gasteiger partial charge is 0.416 e. The molecular weight excluding hydrogens is 570 g/mol. The fourth-order valence-corrected chi connectivity index (χ4v) is 4.91. The molecule has 2 heterocycles. The number of aliphatic hydroxyl groups is 1. The molecule has 40 heavy (non-hydrogen) atoms. The fraction of sp³-hybridized carbons (Fsp3) is 0.435. The molecule has 3 aromatic rings. The van der Waals surface area contributed by atoms with Crippen LogP contribution in [0.15, 0.2) is 43.0 Å². The minimum Gasteiger partial charge on any atom is -0.382 e. The van der Waals surface area contributed by atoms with Crippen molar-refractivity contribution in [1.29, 1.82) is 0 Å².